The maximum Gasteiger partial charge on any atom is 0.264 e. The van der Waals surface area contributed by atoms with Crippen molar-refractivity contribution in [3.8, 4) is 5.75 Å². The molecule has 4 rings (SSSR count). The molecule has 6 nitrogen and oxygen atoms in total. The number of hydrogen-bond donors (Lipinski definition) is 1. The number of benzene rings is 3. The third-order valence-corrected chi connectivity index (χ3v) is 8.52. The molecule has 1 N–H and O–H groups in total. The van der Waals surface area contributed by atoms with Gasteiger partial charge in [0.05, 0.1) is 16.6 Å². The van der Waals surface area contributed by atoms with Crippen molar-refractivity contribution in [3.05, 3.63) is 90.0 Å². The Kier molecular flexibility index (Phi) is 7.17. The molecule has 1 atom stereocenters. The number of nitrogens with zero attached hydrogens (tertiary/aromatic N) is 1. The van der Waals surface area contributed by atoms with E-state index in [9.17, 15) is 13.2 Å². The van der Waals surface area contributed by atoms with E-state index in [1.165, 1.54) is 4.31 Å². The average Bonchev–Trinajstić information content (AvgIpc) is 2.87. The first-order chi connectivity index (χ1) is 16.8. The maximum atomic E-state index is 13.6. The Morgan fingerprint density at radius 2 is 1.69 bits per heavy atom. The summed E-state index contributed by atoms with van der Waals surface area (Å²) in [5.74, 6) is 0.397. The fourth-order valence-corrected chi connectivity index (χ4v) is 6.05. The number of hydrogen-bond acceptors (Lipinski definition) is 4. The molecular formula is C28H32N2O4S. The summed E-state index contributed by atoms with van der Waals surface area (Å²) in [6, 6.07) is 22.8. The van der Waals surface area contributed by atoms with Gasteiger partial charge in [-0.05, 0) is 55.7 Å². The fraction of sp³-hybridized carbons (Fsp3) is 0.321. The van der Waals surface area contributed by atoms with Crippen LogP contribution in [0.5, 0.6) is 5.75 Å². The number of amides is 1. The number of anilines is 1. The largest absolute Gasteiger partial charge is 0.487 e. The van der Waals surface area contributed by atoms with Crippen LogP contribution in [0.25, 0.3) is 0 Å². The third-order valence-electron chi connectivity index (χ3n) is 6.73. The number of carbonyl (C=O) groups is 1. The molecule has 1 amide bonds. The van der Waals surface area contributed by atoms with Gasteiger partial charge in [-0.3, -0.25) is 9.10 Å². The number of carbonyl (C=O) groups excluding carboxylic acids is 1. The maximum absolute atomic E-state index is 13.6. The van der Waals surface area contributed by atoms with Crippen molar-refractivity contribution in [2.45, 2.75) is 56.6 Å². The van der Waals surface area contributed by atoms with E-state index in [1.54, 1.807) is 48.5 Å². The van der Waals surface area contributed by atoms with Gasteiger partial charge in [0, 0.05) is 12.0 Å². The zero-order valence-corrected chi connectivity index (χ0v) is 21.2. The monoisotopic (exact) mass is 492 g/mol. The summed E-state index contributed by atoms with van der Waals surface area (Å²) in [6.07, 6.45) is 2.24. The molecule has 7 heteroatoms. The van der Waals surface area contributed by atoms with Gasteiger partial charge in [-0.15, -0.1) is 0 Å². The Bertz CT molecular complexity index is 1290. The molecule has 1 heterocycles. The molecule has 0 aromatic heterocycles. The van der Waals surface area contributed by atoms with Crippen LogP contribution < -0.4 is 14.4 Å². The normalized spacial score (nSPS) is 16.6. The van der Waals surface area contributed by atoms with Crippen LogP contribution in [0.1, 0.15) is 50.3 Å². The summed E-state index contributed by atoms with van der Waals surface area (Å²) in [7, 11) is -3.95. The number of fused-ring (bicyclic) bond motifs is 1. The lowest BCUT2D eigenvalue weighted by Gasteiger charge is -2.41. The smallest absolute Gasteiger partial charge is 0.264 e. The molecule has 0 saturated carbocycles. The minimum atomic E-state index is -3.95. The van der Waals surface area contributed by atoms with Crippen LogP contribution in [-0.4, -0.2) is 26.5 Å². The Hall–Kier alpha value is -3.32. The summed E-state index contributed by atoms with van der Waals surface area (Å²) in [6.45, 7) is 5.74. The van der Waals surface area contributed by atoms with Gasteiger partial charge in [-0.2, -0.15) is 0 Å². The molecule has 1 aliphatic rings. The average molecular weight is 493 g/mol. The quantitative estimate of drug-likeness (QED) is 0.458. The third kappa shape index (κ3) is 5.20. The SMILES string of the molecule is CCC1(CC)C[C@@H](NC(=O)CN(c2cccc(C)c2)S(=O)(=O)c2ccccc2)c2ccccc2O1. The van der Waals surface area contributed by atoms with Crippen molar-refractivity contribution >= 4 is 21.6 Å². The van der Waals surface area contributed by atoms with Crippen LogP contribution in [0.15, 0.2) is 83.8 Å². The van der Waals surface area contributed by atoms with E-state index in [4.69, 9.17) is 4.74 Å². The zero-order chi connectivity index (χ0) is 25.1. The summed E-state index contributed by atoms with van der Waals surface area (Å²) in [5.41, 5.74) is 1.89. The van der Waals surface area contributed by atoms with Crippen LogP contribution in [0, 0.1) is 6.92 Å². The highest BCUT2D eigenvalue weighted by Crippen LogP contribution is 2.42. The van der Waals surface area contributed by atoms with Crippen LogP contribution in [-0.2, 0) is 14.8 Å². The van der Waals surface area contributed by atoms with E-state index in [1.807, 2.05) is 37.3 Å². The van der Waals surface area contributed by atoms with Gasteiger partial charge in [0.25, 0.3) is 10.0 Å². The molecule has 0 radical (unpaired) electrons. The van der Waals surface area contributed by atoms with Crippen LogP contribution in [0.2, 0.25) is 0 Å². The molecule has 1 aliphatic heterocycles. The topological polar surface area (TPSA) is 75.7 Å². The molecule has 0 aliphatic carbocycles. The van der Waals surface area contributed by atoms with Crippen LogP contribution in [0.4, 0.5) is 5.69 Å². The lowest BCUT2D eigenvalue weighted by Crippen LogP contribution is -2.47. The second-order valence-electron chi connectivity index (χ2n) is 9.02. The van der Waals surface area contributed by atoms with E-state index in [-0.39, 0.29) is 29.0 Å². The molecule has 35 heavy (non-hydrogen) atoms. The second kappa shape index (κ2) is 10.1. The Morgan fingerprint density at radius 1 is 1.00 bits per heavy atom. The van der Waals surface area contributed by atoms with Gasteiger partial charge in [-0.25, -0.2) is 8.42 Å². The van der Waals surface area contributed by atoms with Crippen molar-refractivity contribution in [2.24, 2.45) is 0 Å². The van der Waals surface area contributed by atoms with Gasteiger partial charge in [0.2, 0.25) is 5.91 Å². The molecule has 0 fully saturated rings. The Balaban J connectivity index is 1.65. The van der Waals surface area contributed by atoms with E-state index in [0.717, 1.165) is 29.7 Å². The summed E-state index contributed by atoms with van der Waals surface area (Å²) in [4.78, 5) is 13.5. The van der Waals surface area contributed by atoms with Gasteiger partial charge < -0.3 is 10.1 Å². The van der Waals surface area contributed by atoms with Gasteiger partial charge >= 0.3 is 0 Å². The minimum absolute atomic E-state index is 0.140. The predicted molar refractivity (Wildman–Crippen MR) is 138 cm³/mol. The second-order valence-corrected chi connectivity index (χ2v) is 10.9. The molecule has 184 valence electrons. The lowest BCUT2D eigenvalue weighted by atomic mass is 9.83. The standard InChI is InChI=1S/C28H32N2O4S/c1-4-28(5-2)19-25(24-16-9-10-17-26(24)34-28)29-27(31)20-30(22-13-11-12-21(3)18-22)35(32,33)23-14-7-6-8-15-23/h6-18,25H,4-5,19-20H2,1-3H3,(H,29,31)/t25-/m1/s1. The summed E-state index contributed by atoms with van der Waals surface area (Å²) in [5, 5.41) is 3.11. The van der Waals surface area contributed by atoms with Crippen LogP contribution in [0.3, 0.4) is 0 Å². The molecular weight excluding hydrogens is 460 g/mol. The van der Waals surface area contributed by atoms with E-state index >= 15 is 0 Å². The lowest BCUT2D eigenvalue weighted by molar-refractivity contribution is -0.121. The number of rotatable bonds is 8. The van der Waals surface area contributed by atoms with Crippen molar-refractivity contribution in [1.29, 1.82) is 0 Å². The van der Waals surface area contributed by atoms with Crippen molar-refractivity contribution in [3.63, 3.8) is 0 Å². The van der Waals surface area contributed by atoms with Gasteiger partial charge in [0.1, 0.15) is 17.9 Å². The minimum Gasteiger partial charge on any atom is -0.487 e. The predicted octanol–water partition coefficient (Wildman–Crippen LogP) is 5.39. The Labute approximate surface area is 208 Å². The Morgan fingerprint density at radius 3 is 2.37 bits per heavy atom. The first-order valence-corrected chi connectivity index (χ1v) is 13.4. The highest BCUT2D eigenvalue weighted by molar-refractivity contribution is 7.92. The fourth-order valence-electron chi connectivity index (χ4n) is 4.62. The summed E-state index contributed by atoms with van der Waals surface area (Å²) < 4.78 is 34.7. The molecule has 0 saturated heterocycles. The highest BCUT2D eigenvalue weighted by atomic mass is 32.2. The number of nitrogens with one attached hydrogen (secondary N) is 1. The molecule has 3 aromatic carbocycles. The number of ether oxygens (including phenoxy) is 1. The van der Waals surface area contributed by atoms with Gasteiger partial charge in [-0.1, -0.05) is 62.4 Å². The highest BCUT2D eigenvalue weighted by Gasteiger charge is 2.39. The van der Waals surface area contributed by atoms with Crippen molar-refractivity contribution in [2.75, 3.05) is 10.8 Å². The molecule has 0 spiro atoms. The van der Waals surface area contributed by atoms with Crippen LogP contribution >= 0.6 is 0 Å². The van der Waals surface area contributed by atoms with E-state index < -0.39 is 10.0 Å². The molecule has 0 bridgehead atoms. The number of sulfonamides is 1. The van der Waals surface area contributed by atoms with E-state index in [0.29, 0.717) is 12.1 Å². The number of para-hydroxylation sites is 1. The first-order valence-electron chi connectivity index (χ1n) is 12.0. The summed E-state index contributed by atoms with van der Waals surface area (Å²) >= 11 is 0. The first kappa shape index (κ1) is 24.8. The van der Waals surface area contributed by atoms with Crippen molar-refractivity contribution < 1.29 is 17.9 Å². The van der Waals surface area contributed by atoms with Crippen molar-refractivity contribution in [1.82, 2.24) is 5.32 Å². The molecule has 0 unspecified atom stereocenters. The van der Waals surface area contributed by atoms with Gasteiger partial charge in [0.15, 0.2) is 0 Å². The molecule has 3 aromatic rings. The van der Waals surface area contributed by atoms with E-state index in [2.05, 4.69) is 19.2 Å². The number of aryl methyl sites for hydroxylation is 1. The zero-order valence-electron chi connectivity index (χ0n) is 20.4.